The van der Waals surface area contributed by atoms with Crippen molar-refractivity contribution in [3.05, 3.63) is 35.6 Å². The van der Waals surface area contributed by atoms with Gasteiger partial charge in [0.1, 0.15) is 5.82 Å². The van der Waals surface area contributed by atoms with Gasteiger partial charge in [0, 0.05) is 24.7 Å². The number of ether oxygens (including phenoxy) is 1. The molecule has 0 bridgehead atoms. The van der Waals surface area contributed by atoms with E-state index in [2.05, 4.69) is 17.1 Å². The van der Waals surface area contributed by atoms with Crippen molar-refractivity contribution in [3.8, 4) is 0 Å². The molecule has 0 aliphatic heterocycles. The molecule has 1 atom stereocenters. The van der Waals surface area contributed by atoms with E-state index in [0.29, 0.717) is 6.61 Å². The molecule has 0 saturated heterocycles. The molecule has 1 unspecified atom stereocenters. The van der Waals surface area contributed by atoms with E-state index in [0.717, 1.165) is 31.7 Å². The minimum atomic E-state index is -0.143. The van der Waals surface area contributed by atoms with Crippen LogP contribution in [0, 0.1) is 5.82 Å². The van der Waals surface area contributed by atoms with Gasteiger partial charge in [0.15, 0.2) is 0 Å². The van der Waals surface area contributed by atoms with Crippen LogP contribution in [0.3, 0.4) is 0 Å². The maximum Gasteiger partial charge on any atom is 0.127 e. The number of hydrogen-bond acceptors (Lipinski definition) is 3. The summed E-state index contributed by atoms with van der Waals surface area (Å²) in [7, 11) is 4.04. The van der Waals surface area contributed by atoms with Gasteiger partial charge in [-0.05, 0) is 26.6 Å². The number of benzene rings is 1. The van der Waals surface area contributed by atoms with Crippen LogP contribution in [-0.4, -0.2) is 45.3 Å². The van der Waals surface area contributed by atoms with Gasteiger partial charge in [0.2, 0.25) is 0 Å². The Morgan fingerprint density at radius 3 is 2.63 bits per heavy atom. The summed E-state index contributed by atoms with van der Waals surface area (Å²) in [5.41, 5.74) is 0.735. The molecule has 0 aliphatic rings. The SMILES string of the molecule is CCC(NCCOCCN(C)C)c1ccccc1F. The van der Waals surface area contributed by atoms with Crippen molar-refractivity contribution in [1.29, 1.82) is 0 Å². The number of nitrogens with zero attached hydrogens (tertiary/aromatic N) is 1. The first-order valence-corrected chi connectivity index (χ1v) is 6.85. The monoisotopic (exact) mass is 268 g/mol. The van der Waals surface area contributed by atoms with Crippen molar-refractivity contribution >= 4 is 0 Å². The maximum atomic E-state index is 13.7. The molecule has 0 amide bonds. The van der Waals surface area contributed by atoms with E-state index < -0.39 is 0 Å². The van der Waals surface area contributed by atoms with E-state index in [9.17, 15) is 4.39 Å². The summed E-state index contributed by atoms with van der Waals surface area (Å²) in [6.45, 7) is 5.09. The quantitative estimate of drug-likeness (QED) is 0.696. The van der Waals surface area contributed by atoms with Crippen LogP contribution in [0.2, 0.25) is 0 Å². The van der Waals surface area contributed by atoms with Crippen molar-refractivity contribution < 1.29 is 9.13 Å². The third-order valence-corrected chi connectivity index (χ3v) is 3.01. The third-order valence-electron chi connectivity index (χ3n) is 3.01. The average molecular weight is 268 g/mol. The van der Waals surface area contributed by atoms with Crippen LogP contribution in [0.5, 0.6) is 0 Å². The highest BCUT2D eigenvalue weighted by atomic mass is 19.1. The standard InChI is InChI=1S/C15H25FN2O/c1-4-15(13-7-5-6-8-14(13)16)17-9-11-19-12-10-18(2)3/h5-8,15,17H,4,9-12H2,1-3H3. The highest BCUT2D eigenvalue weighted by molar-refractivity contribution is 5.20. The van der Waals surface area contributed by atoms with Crippen LogP contribution in [-0.2, 0) is 4.74 Å². The summed E-state index contributed by atoms with van der Waals surface area (Å²) >= 11 is 0. The van der Waals surface area contributed by atoms with Crippen LogP contribution < -0.4 is 5.32 Å². The summed E-state index contributed by atoms with van der Waals surface area (Å²) in [6.07, 6.45) is 0.860. The molecule has 1 aromatic rings. The lowest BCUT2D eigenvalue weighted by molar-refractivity contribution is 0.117. The number of hydrogen-bond donors (Lipinski definition) is 1. The first kappa shape index (κ1) is 16.1. The number of rotatable bonds is 9. The lowest BCUT2D eigenvalue weighted by Crippen LogP contribution is -2.27. The Morgan fingerprint density at radius 1 is 1.26 bits per heavy atom. The summed E-state index contributed by atoms with van der Waals surface area (Å²) < 4.78 is 19.2. The van der Waals surface area contributed by atoms with Crippen molar-refractivity contribution in [2.45, 2.75) is 19.4 Å². The maximum absolute atomic E-state index is 13.7. The topological polar surface area (TPSA) is 24.5 Å². The van der Waals surface area contributed by atoms with Crippen LogP contribution in [0.15, 0.2) is 24.3 Å². The Labute approximate surface area is 115 Å². The molecule has 3 nitrogen and oxygen atoms in total. The summed E-state index contributed by atoms with van der Waals surface area (Å²) in [4.78, 5) is 2.08. The predicted molar refractivity (Wildman–Crippen MR) is 76.8 cm³/mol. The number of likely N-dealkylation sites (N-methyl/N-ethyl adjacent to an activating group) is 1. The van der Waals surface area contributed by atoms with E-state index in [-0.39, 0.29) is 11.9 Å². The van der Waals surface area contributed by atoms with Gasteiger partial charge in [0.05, 0.1) is 13.2 Å². The smallest absolute Gasteiger partial charge is 0.127 e. The van der Waals surface area contributed by atoms with Crippen LogP contribution in [0.25, 0.3) is 0 Å². The Kier molecular flexibility index (Phi) is 7.63. The zero-order chi connectivity index (χ0) is 14.1. The van der Waals surface area contributed by atoms with Gasteiger partial charge in [-0.2, -0.15) is 0 Å². The van der Waals surface area contributed by atoms with Crippen LogP contribution in [0.4, 0.5) is 4.39 Å². The van der Waals surface area contributed by atoms with Gasteiger partial charge >= 0.3 is 0 Å². The van der Waals surface area contributed by atoms with Crippen molar-refractivity contribution in [2.24, 2.45) is 0 Å². The zero-order valence-corrected chi connectivity index (χ0v) is 12.2. The minimum Gasteiger partial charge on any atom is -0.379 e. The lowest BCUT2D eigenvalue weighted by atomic mass is 10.0. The van der Waals surface area contributed by atoms with E-state index >= 15 is 0 Å². The molecule has 0 spiro atoms. The molecule has 1 aromatic carbocycles. The molecule has 0 aliphatic carbocycles. The first-order chi connectivity index (χ1) is 9.15. The molecule has 0 aromatic heterocycles. The van der Waals surface area contributed by atoms with E-state index in [1.807, 2.05) is 26.2 Å². The molecule has 1 N–H and O–H groups in total. The van der Waals surface area contributed by atoms with Gasteiger partial charge in [-0.1, -0.05) is 25.1 Å². The normalized spacial score (nSPS) is 12.9. The van der Waals surface area contributed by atoms with E-state index in [1.54, 1.807) is 6.07 Å². The zero-order valence-electron chi connectivity index (χ0n) is 12.2. The molecule has 0 radical (unpaired) electrons. The van der Waals surface area contributed by atoms with Gasteiger partial charge in [-0.3, -0.25) is 0 Å². The largest absolute Gasteiger partial charge is 0.379 e. The van der Waals surface area contributed by atoms with Crippen molar-refractivity contribution in [2.75, 3.05) is 40.4 Å². The first-order valence-electron chi connectivity index (χ1n) is 6.85. The fraction of sp³-hybridized carbons (Fsp3) is 0.600. The van der Waals surface area contributed by atoms with Crippen molar-refractivity contribution in [1.82, 2.24) is 10.2 Å². The van der Waals surface area contributed by atoms with Crippen LogP contribution >= 0.6 is 0 Å². The second kappa shape index (κ2) is 9.02. The van der Waals surface area contributed by atoms with Gasteiger partial charge in [-0.25, -0.2) is 4.39 Å². The lowest BCUT2D eigenvalue weighted by Gasteiger charge is -2.18. The fourth-order valence-corrected chi connectivity index (χ4v) is 1.89. The Balaban J connectivity index is 2.28. The average Bonchev–Trinajstić information content (AvgIpc) is 2.39. The molecule has 0 heterocycles. The Morgan fingerprint density at radius 2 is 2.00 bits per heavy atom. The van der Waals surface area contributed by atoms with Gasteiger partial charge in [-0.15, -0.1) is 0 Å². The van der Waals surface area contributed by atoms with Gasteiger partial charge < -0.3 is 15.0 Å². The molecule has 1 rings (SSSR count). The highest BCUT2D eigenvalue weighted by Gasteiger charge is 2.12. The van der Waals surface area contributed by atoms with E-state index in [4.69, 9.17) is 4.74 Å². The summed E-state index contributed by atoms with van der Waals surface area (Å²) in [5.74, 6) is -0.143. The second-order valence-electron chi connectivity index (χ2n) is 4.85. The summed E-state index contributed by atoms with van der Waals surface area (Å²) in [6, 6.07) is 6.99. The molecule has 4 heteroatoms. The number of halogens is 1. The molecular weight excluding hydrogens is 243 g/mol. The predicted octanol–water partition coefficient (Wildman–Crippen LogP) is 2.44. The minimum absolute atomic E-state index is 0.0543. The highest BCUT2D eigenvalue weighted by Crippen LogP contribution is 2.19. The van der Waals surface area contributed by atoms with Gasteiger partial charge in [0.25, 0.3) is 0 Å². The molecule has 0 fully saturated rings. The van der Waals surface area contributed by atoms with E-state index in [1.165, 1.54) is 6.07 Å². The third kappa shape index (κ3) is 6.14. The number of nitrogens with one attached hydrogen (secondary N) is 1. The van der Waals surface area contributed by atoms with Crippen molar-refractivity contribution in [3.63, 3.8) is 0 Å². The Hall–Kier alpha value is -0.970. The molecule has 0 saturated carbocycles. The fourth-order valence-electron chi connectivity index (χ4n) is 1.89. The summed E-state index contributed by atoms with van der Waals surface area (Å²) in [5, 5.41) is 3.34. The molecule has 108 valence electrons. The second-order valence-corrected chi connectivity index (χ2v) is 4.85. The molecule has 19 heavy (non-hydrogen) atoms. The van der Waals surface area contributed by atoms with Crippen LogP contribution in [0.1, 0.15) is 24.9 Å². The Bertz CT molecular complexity index is 358. The molecular formula is C15H25FN2O.